The molecule has 3 aromatic rings. The topological polar surface area (TPSA) is 64.3 Å². The fourth-order valence-corrected chi connectivity index (χ4v) is 2.85. The Morgan fingerprint density at radius 3 is 2.29 bits per heavy atom. The zero-order chi connectivity index (χ0) is 26.3. The second-order valence-electron chi connectivity index (χ2n) is 6.26. The molecule has 0 aliphatic carbocycles. The van der Waals surface area contributed by atoms with E-state index in [0.29, 0.717) is 28.7 Å². The summed E-state index contributed by atoms with van der Waals surface area (Å²) in [6.45, 7) is 11.2. The van der Waals surface area contributed by atoms with Crippen LogP contribution in [0.1, 0.15) is 51.9 Å². The molecule has 1 unspecified atom stereocenters. The third-order valence-electron chi connectivity index (χ3n) is 3.93. The molecule has 0 aliphatic heterocycles. The zero-order valence-electron chi connectivity index (χ0n) is 20.2. The lowest BCUT2D eigenvalue weighted by Gasteiger charge is -2.19. The van der Waals surface area contributed by atoms with E-state index in [9.17, 15) is 13.2 Å². The van der Waals surface area contributed by atoms with Crippen LogP contribution in [0.2, 0.25) is 5.02 Å². The van der Waals surface area contributed by atoms with Crippen molar-refractivity contribution in [2.75, 3.05) is 18.4 Å². The van der Waals surface area contributed by atoms with E-state index >= 15 is 0 Å². The van der Waals surface area contributed by atoms with Gasteiger partial charge in [-0.25, -0.2) is 9.37 Å². The van der Waals surface area contributed by atoms with Crippen LogP contribution in [0.25, 0.3) is 5.78 Å². The van der Waals surface area contributed by atoms with Gasteiger partial charge in [0, 0.05) is 12.4 Å². The first kappa shape index (κ1) is 31.5. The predicted octanol–water partition coefficient (Wildman–Crippen LogP) is 7.53. The molecule has 0 spiro atoms. The van der Waals surface area contributed by atoms with Crippen molar-refractivity contribution in [1.82, 2.24) is 19.6 Å². The second kappa shape index (κ2) is 16.2. The highest BCUT2D eigenvalue weighted by atomic mass is 35.5. The lowest BCUT2D eigenvalue weighted by molar-refractivity contribution is -0.186. The van der Waals surface area contributed by atoms with Crippen LogP contribution in [0.5, 0.6) is 5.75 Å². The Bertz CT molecular complexity index is 985. The molecule has 11 heteroatoms. The summed E-state index contributed by atoms with van der Waals surface area (Å²) in [5.74, 6) is 0.832. The molecule has 0 saturated carbocycles. The van der Waals surface area contributed by atoms with Gasteiger partial charge < -0.3 is 10.1 Å². The number of allylic oxidation sites excluding steroid dienone is 1. The van der Waals surface area contributed by atoms with E-state index in [-0.39, 0.29) is 11.8 Å². The molecule has 0 aliphatic rings. The van der Waals surface area contributed by atoms with E-state index in [0.717, 1.165) is 5.56 Å². The number of halogens is 5. The van der Waals surface area contributed by atoms with E-state index in [4.69, 9.17) is 11.6 Å². The van der Waals surface area contributed by atoms with Crippen molar-refractivity contribution in [2.24, 2.45) is 0 Å². The molecule has 1 N–H and O–H groups in total. The number of fused-ring (bicyclic) bond motifs is 1. The van der Waals surface area contributed by atoms with Gasteiger partial charge in [0.05, 0.1) is 5.69 Å². The largest absolute Gasteiger partial charge is 0.431 e. The highest BCUT2D eigenvalue weighted by Crippen LogP contribution is 2.30. The number of aryl methyl sites for hydroxylation is 1. The number of nitrogens with one attached hydrogen (secondary N) is 1. The monoisotopic (exact) mass is 521 g/mol. The highest BCUT2D eigenvalue weighted by Gasteiger charge is 2.31. The molecule has 0 bridgehead atoms. The van der Waals surface area contributed by atoms with E-state index in [1.807, 2.05) is 34.6 Å². The van der Waals surface area contributed by atoms with Gasteiger partial charge in [0.1, 0.15) is 17.1 Å². The minimum absolute atomic E-state index is 0.123. The SMILES string of the molecule is C=CC.CC.CCc1nc2ncnn2c(NC(C)c2ccc(OC(F)(F)CF)cc2)c1Cl.CCl. The van der Waals surface area contributed by atoms with Crippen LogP contribution in [0.4, 0.5) is 19.0 Å². The smallest absolute Gasteiger partial charge is 0.427 e. The van der Waals surface area contributed by atoms with Crippen molar-refractivity contribution in [3.8, 4) is 5.75 Å². The van der Waals surface area contributed by atoms with Gasteiger partial charge in [0.2, 0.25) is 0 Å². The summed E-state index contributed by atoms with van der Waals surface area (Å²) in [5, 5.41) is 7.81. The van der Waals surface area contributed by atoms with Crippen LogP contribution < -0.4 is 10.1 Å². The van der Waals surface area contributed by atoms with Crippen LogP contribution >= 0.6 is 23.2 Å². The maximum atomic E-state index is 13.0. The molecule has 2 heterocycles. The van der Waals surface area contributed by atoms with Crippen LogP contribution in [0, 0.1) is 0 Å². The van der Waals surface area contributed by atoms with Crippen molar-refractivity contribution < 1.29 is 17.9 Å². The molecule has 2 aromatic heterocycles. The molecule has 1 aromatic carbocycles. The number of benzene rings is 1. The van der Waals surface area contributed by atoms with Crippen molar-refractivity contribution in [2.45, 2.75) is 53.2 Å². The normalized spacial score (nSPS) is 11.0. The van der Waals surface area contributed by atoms with Crippen LogP contribution in [-0.4, -0.2) is 38.7 Å². The standard InChI is InChI=1S/C17H17ClF3N5O.C3H6.C2H6.CH3Cl/c1-3-13-14(18)15(26-16(25-13)22-9-23-26)24-10(2)11-4-6-12(7-5-11)27-17(20,21)8-19;1-3-2;2*1-2/h4-7,9-10,24H,3,8H2,1-2H3;3H,1H2,2H3;1-2H3;1H3. The lowest BCUT2D eigenvalue weighted by Crippen LogP contribution is -2.26. The van der Waals surface area contributed by atoms with Gasteiger partial charge in [0.25, 0.3) is 5.78 Å². The summed E-state index contributed by atoms with van der Waals surface area (Å²) >= 11 is 11.1. The first-order valence-corrected chi connectivity index (χ1v) is 11.7. The summed E-state index contributed by atoms with van der Waals surface area (Å²) in [6, 6.07) is 5.69. The Labute approximate surface area is 209 Å². The number of hydrogen-bond acceptors (Lipinski definition) is 5. The Hall–Kier alpha value is -2.52. The molecule has 6 nitrogen and oxygen atoms in total. The zero-order valence-corrected chi connectivity index (χ0v) is 21.8. The van der Waals surface area contributed by atoms with Crippen LogP contribution in [-0.2, 0) is 6.42 Å². The van der Waals surface area contributed by atoms with E-state index < -0.39 is 12.8 Å². The fraction of sp³-hybridized carbons (Fsp3) is 0.435. The van der Waals surface area contributed by atoms with Crippen molar-refractivity contribution in [3.63, 3.8) is 0 Å². The fourth-order valence-electron chi connectivity index (χ4n) is 2.54. The third-order valence-corrected chi connectivity index (χ3v) is 4.33. The Balaban J connectivity index is 0.00000141. The predicted molar refractivity (Wildman–Crippen MR) is 134 cm³/mol. The van der Waals surface area contributed by atoms with Crippen molar-refractivity contribution in [1.29, 1.82) is 0 Å². The molecular weight excluding hydrogens is 490 g/mol. The van der Waals surface area contributed by atoms with Crippen molar-refractivity contribution >= 4 is 34.8 Å². The number of hydrogen-bond donors (Lipinski definition) is 1. The minimum Gasteiger partial charge on any atom is -0.431 e. The first-order valence-electron chi connectivity index (χ1n) is 10.6. The molecule has 1 atom stereocenters. The van der Waals surface area contributed by atoms with Crippen molar-refractivity contribution in [3.05, 3.63) is 59.5 Å². The maximum Gasteiger partial charge on any atom is 0.427 e. The molecule has 190 valence electrons. The molecule has 0 radical (unpaired) electrons. The Morgan fingerprint density at radius 1 is 1.24 bits per heavy atom. The summed E-state index contributed by atoms with van der Waals surface area (Å²) in [7, 11) is 0. The Morgan fingerprint density at radius 2 is 1.79 bits per heavy atom. The van der Waals surface area contributed by atoms with Crippen LogP contribution in [0.15, 0.2) is 43.2 Å². The number of nitrogens with zero attached hydrogens (tertiary/aromatic N) is 4. The number of rotatable bonds is 7. The number of aromatic nitrogens is 4. The van der Waals surface area contributed by atoms with E-state index in [2.05, 4.69) is 43.3 Å². The summed E-state index contributed by atoms with van der Waals surface area (Å²) in [6.07, 6.45) is 1.39. The molecule has 0 saturated heterocycles. The van der Waals surface area contributed by atoms with Gasteiger partial charge in [-0.15, -0.1) is 18.2 Å². The number of ether oxygens (including phenoxy) is 1. The average Bonchev–Trinajstić information content (AvgIpc) is 3.32. The molecular formula is C23H32Cl2F3N5O. The van der Waals surface area contributed by atoms with Gasteiger partial charge >= 0.3 is 6.11 Å². The Kier molecular flexibility index (Phi) is 15.0. The molecule has 0 fully saturated rings. The van der Waals surface area contributed by atoms with Gasteiger partial charge in [-0.3, -0.25) is 0 Å². The van der Waals surface area contributed by atoms with Gasteiger partial charge in [-0.05, 0) is 38.0 Å². The van der Waals surface area contributed by atoms with Crippen LogP contribution in [0.3, 0.4) is 0 Å². The maximum absolute atomic E-state index is 13.0. The summed E-state index contributed by atoms with van der Waals surface area (Å²) < 4.78 is 44.0. The highest BCUT2D eigenvalue weighted by molar-refractivity contribution is 6.33. The molecule has 34 heavy (non-hydrogen) atoms. The van der Waals surface area contributed by atoms with Gasteiger partial charge in [0.15, 0.2) is 12.5 Å². The van der Waals surface area contributed by atoms with Gasteiger partial charge in [-0.1, -0.05) is 50.6 Å². The second-order valence-corrected chi connectivity index (χ2v) is 6.64. The summed E-state index contributed by atoms with van der Waals surface area (Å²) in [4.78, 5) is 8.43. The minimum atomic E-state index is -3.84. The molecule has 0 amide bonds. The first-order chi connectivity index (χ1) is 16.3. The number of alkyl halides is 4. The third kappa shape index (κ3) is 9.02. The lowest BCUT2D eigenvalue weighted by atomic mass is 10.1. The summed E-state index contributed by atoms with van der Waals surface area (Å²) in [5.41, 5.74) is 1.47. The van der Waals surface area contributed by atoms with E-state index in [1.54, 1.807) is 18.2 Å². The number of anilines is 1. The van der Waals surface area contributed by atoms with E-state index in [1.165, 1.54) is 29.4 Å². The quantitative estimate of drug-likeness (QED) is 0.257. The van der Waals surface area contributed by atoms with Gasteiger partial charge in [-0.2, -0.15) is 23.4 Å². The average molecular weight is 522 g/mol. The molecule has 3 rings (SSSR count).